The van der Waals surface area contributed by atoms with Gasteiger partial charge in [-0.05, 0) is 98.7 Å². The van der Waals surface area contributed by atoms with Gasteiger partial charge in [-0.2, -0.15) is 0 Å². The van der Waals surface area contributed by atoms with Gasteiger partial charge in [-0.15, -0.1) is 0 Å². The normalized spacial score (nSPS) is 46.6. The van der Waals surface area contributed by atoms with Gasteiger partial charge in [0.15, 0.2) is 5.78 Å². The molecule has 4 aliphatic rings. The number of aryl methyl sites for hydroxylation is 1. The van der Waals surface area contributed by atoms with Gasteiger partial charge in [-0.25, -0.2) is 4.98 Å². The molecule has 3 nitrogen and oxygen atoms in total. The molecule has 0 spiro atoms. The van der Waals surface area contributed by atoms with Gasteiger partial charge in [-0.3, -0.25) is 4.79 Å². The molecule has 8 unspecified atom stereocenters. The van der Waals surface area contributed by atoms with Crippen LogP contribution in [0.15, 0.2) is 12.5 Å². The third-order valence-electron chi connectivity index (χ3n) is 10.4. The van der Waals surface area contributed by atoms with E-state index in [-0.39, 0.29) is 11.3 Å². The van der Waals surface area contributed by atoms with Gasteiger partial charge in [0.2, 0.25) is 0 Å². The second kappa shape index (κ2) is 6.95. The molecule has 1 aromatic rings. The number of imidazole rings is 1. The molecule has 0 aromatic carbocycles. The van der Waals surface area contributed by atoms with E-state index in [1.165, 1.54) is 51.4 Å². The fourth-order valence-corrected chi connectivity index (χ4v) is 8.85. The van der Waals surface area contributed by atoms with Crippen LogP contribution < -0.4 is 0 Å². The van der Waals surface area contributed by atoms with E-state index in [2.05, 4.69) is 25.8 Å². The van der Waals surface area contributed by atoms with Crippen LogP contribution >= 0.6 is 0 Å². The summed E-state index contributed by atoms with van der Waals surface area (Å²) in [6.45, 7) is 10.1. The van der Waals surface area contributed by atoms with Crippen LogP contribution in [0.1, 0.15) is 84.3 Å². The monoisotopic (exact) mass is 396 g/mol. The van der Waals surface area contributed by atoms with Crippen molar-refractivity contribution >= 4 is 5.78 Å². The second-order valence-electron chi connectivity index (χ2n) is 11.9. The Bertz CT molecular complexity index is 783. The first-order valence-electron chi connectivity index (χ1n) is 12.3. The number of hydrogen-bond donors (Lipinski definition) is 0. The molecule has 0 aliphatic heterocycles. The smallest absolute Gasteiger partial charge is 0.156 e. The largest absolute Gasteiger partial charge is 0.330 e. The van der Waals surface area contributed by atoms with Crippen molar-refractivity contribution in [1.82, 2.24) is 9.55 Å². The van der Waals surface area contributed by atoms with Crippen LogP contribution in [0.5, 0.6) is 0 Å². The first-order valence-corrected chi connectivity index (χ1v) is 12.3. The summed E-state index contributed by atoms with van der Waals surface area (Å²) in [4.78, 5) is 17.6. The van der Waals surface area contributed by atoms with E-state index in [0.717, 1.165) is 41.7 Å². The summed E-state index contributed by atoms with van der Waals surface area (Å²) >= 11 is 0. The molecule has 0 saturated heterocycles. The Morgan fingerprint density at radius 3 is 2.59 bits per heavy atom. The first kappa shape index (κ1) is 19.8. The molecule has 8 atom stereocenters. The Kier molecular flexibility index (Phi) is 4.75. The van der Waals surface area contributed by atoms with Gasteiger partial charge >= 0.3 is 0 Å². The maximum atomic E-state index is 13.3. The predicted octanol–water partition coefficient (Wildman–Crippen LogP) is 6.06. The molecule has 3 heteroatoms. The van der Waals surface area contributed by atoms with Crippen molar-refractivity contribution in [2.45, 2.75) is 92.0 Å². The fourth-order valence-electron chi connectivity index (χ4n) is 8.85. The number of rotatable bonds is 3. The Labute approximate surface area is 177 Å². The van der Waals surface area contributed by atoms with Crippen LogP contribution in [-0.2, 0) is 11.3 Å². The number of hydrogen-bond acceptors (Lipinski definition) is 2. The lowest BCUT2D eigenvalue weighted by Gasteiger charge is -2.61. The van der Waals surface area contributed by atoms with Crippen molar-refractivity contribution in [2.24, 2.45) is 46.3 Å². The number of nitrogens with zero attached hydrogens (tertiary/aromatic N) is 2. The molecule has 4 aliphatic carbocycles. The Morgan fingerprint density at radius 2 is 1.83 bits per heavy atom. The zero-order valence-corrected chi connectivity index (χ0v) is 19.0. The number of fused-ring (bicyclic) bond motifs is 5. The molecular formula is C26H40N2O. The van der Waals surface area contributed by atoms with Crippen LogP contribution in [0.3, 0.4) is 0 Å². The summed E-state index contributed by atoms with van der Waals surface area (Å²) in [5, 5.41) is 0. The number of Topliss-reactive ketones (excluding diaryl/α,β-unsaturated/α-hetero) is 1. The van der Waals surface area contributed by atoms with Crippen molar-refractivity contribution in [3.8, 4) is 0 Å². The minimum Gasteiger partial charge on any atom is -0.330 e. The van der Waals surface area contributed by atoms with Crippen molar-refractivity contribution in [3.05, 3.63) is 18.2 Å². The zero-order valence-electron chi connectivity index (χ0n) is 19.0. The average molecular weight is 397 g/mol. The van der Waals surface area contributed by atoms with E-state index in [1.807, 2.05) is 24.0 Å². The van der Waals surface area contributed by atoms with Crippen molar-refractivity contribution in [3.63, 3.8) is 0 Å². The van der Waals surface area contributed by atoms with Crippen LogP contribution in [0, 0.1) is 53.3 Å². The highest BCUT2D eigenvalue weighted by molar-refractivity contribution is 5.82. The van der Waals surface area contributed by atoms with Gasteiger partial charge in [0.25, 0.3) is 0 Å². The van der Waals surface area contributed by atoms with E-state index in [4.69, 9.17) is 0 Å². The van der Waals surface area contributed by atoms with Crippen LogP contribution in [-0.4, -0.2) is 15.3 Å². The third-order valence-corrected chi connectivity index (χ3v) is 10.4. The molecule has 5 rings (SSSR count). The van der Waals surface area contributed by atoms with E-state index in [1.54, 1.807) is 0 Å². The summed E-state index contributed by atoms with van der Waals surface area (Å²) in [6.07, 6.45) is 16.1. The minimum atomic E-state index is 0.235. The van der Waals surface area contributed by atoms with E-state index in [9.17, 15) is 4.79 Å². The topological polar surface area (TPSA) is 34.9 Å². The zero-order chi connectivity index (χ0) is 20.4. The number of ketones is 1. The summed E-state index contributed by atoms with van der Waals surface area (Å²) in [5.41, 5.74) is 1.81. The van der Waals surface area contributed by atoms with Gasteiger partial charge in [-0.1, -0.05) is 27.2 Å². The number of carbonyl (C=O) groups is 1. The molecule has 4 fully saturated rings. The lowest BCUT2D eigenvalue weighted by atomic mass is 9.44. The quantitative estimate of drug-likeness (QED) is 0.623. The molecule has 1 heterocycles. The Hall–Kier alpha value is -1.12. The van der Waals surface area contributed by atoms with Gasteiger partial charge in [0.1, 0.15) is 0 Å². The first-order chi connectivity index (χ1) is 13.8. The molecular weight excluding hydrogens is 356 g/mol. The second-order valence-corrected chi connectivity index (χ2v) is 11.9. The van der Waals surface area contributed by atoms with Crippen LogP contribution in [0.2, 0.25) is 0 Å². The SMILES string of the molecule is Cc1cn(CC(=O)C2CCC3C4CCC5CC(C)CCC5(C)C4CCC23C)cn1. The van der Waals surface area contributed by atoms with Crippen LogP contribution in [0.4, 0.5) is 0 Å². The van der Waals surface area contributed by atoms with Crippen LogP contribution in [0.25, 0.3) is 0 Å². The van der Waals surface area contributed by atoms with E-state index in [0.29, 0.717) is 17.7 Å². The number of carbonyl (C=O) groups excluding carboxylic acids is 1. The lowest BCUT2D eigenvalue weighted by molar-refractivity contribution is -0.137. The Balaban J connectivity index is 1.35. The highest BCUT2D eigenvalue weighted by atomic mass is 16.1. The summed E-state index contributed by atoms with van der Waals surface area (Å²) in [5.74, 6) is 5.16. The highest BCUT2D eigenvalue weighted by Crippen LogP contribution is 2.67. The average Bonchev–Trinajstić information content (AvgIpc) is 3.24. The maximum Gasteiger partial charge on any atom is 0.156 e. The molecule has 1 aromatic heterocycles. The molecule has 4 saturated carbocycles. The van der Waals surface area contributed by atoms with Crippen molar-refractivity contribution < 1.29 is 4.79 Å². The van der Waals surface area contributed by atoms with Crippen molar-refractivity contribution in [1.29, 1.82) is 0 Å². The summed E-state index contributed by atoms with van der Waals surface area (Å²) in [7, 11) is 0. The molecule has 0 N–H and O–H groups in total. The molecule has 29 heavy (non-hydrogen) atoms. The van der Waals surface area contributed by atoms with Gasteiger partial charge in [0, 0.05) is 12.1 Å². The number of aromatic nitrogens is 2. The maximum absolute atomic E-state index is 13.3. The van der Waals surface area contributed by atoms with Gasteiger partial charge in [0.05, 0.1) is 18.6 Å². The standard InChI is InChI=1S/C26H40N2O/c1-17-9-11-25(3)19(13-17)5-6-20-21-7-8-23(26(21,4)12-10-22(20)25)24(29)15-28-14-18(2)27-16-28/h14,16-17,19-23H,5-13,15H2,1-4H3. The molecule has 0 bridgehead atoms. The molecule has 0 amide bonds. The molecule has 0 radical (unpaired) electrons. The fraction of sp³-hybridized carbons (Fsp3) is 0.846. The van der Waals surface area contributed by atoms with Crippen molar-refractivity contribution in [2.75, 3.05) is 0 Å². The minimum absolute atomic E-state index is 0.235. The predicted molar refractivity (Wildman–Crippen MR) is 116 cm³/mol. The lowest BCUT2D eigenvalue weighted by Crippen LogP contribution is -2.53. The highest BCUT2D eigenvalue weighted by Gasteiger charge is 2.60. The summed E-state index contributed by atoms with van der Waals surface area (Å²) in [6, 6.07) is 0. The molecule has 160 valence electrons. The van der Waals surface area contributed by atoms with E-state index < -0.39 is 0 Å². The summed E-state index contributed by atoms with van der Waals surface area (Å²) < 4.78 is 2.00. The van der Waals surface area contributed by atoms with E-state index >= 15 is 0 Å². The van der Waals surface area contributed by atoms with Gasteiger partial charge < -0.3 is 4.57 Å². The Morgan fingerprint density at radius 1 is 1.07 bits per heavy atom. The third kappa shape index (κ3) is 3.05.